The van der Waals surface area contributed by atoms with Crippen molar-refractivity contribution in [2.75, 3.05) is 6.54 Å². The van der Waals surface area contributed by atoms with E-state index < -0.39 is 23.3 Å². The summed E-state index contributed by atoms with van der Waals surface area (Å²) in [7, 11) is 0. The van der Waals surface area contributed by atoms with Gasteiger partial charge >= 0.3 is 0 Å². The summed E-state index contributed by atoms with van der Waals surface area (Å²) in [6.07, 6.45) is 2.38. The zero-order valence-corrected chi connectivity index (χ0v) is 10.5. The molecule has 2 rings (SSSR count). The molecule has 1 aromatic rings. The van der Waals surface area contributed by atoms with Crippen LogP contribution in [-0.4, -0.2) is 17.6 Å². The van der Waals surface area contributed by atoms with Crippen molar-refractivity contribution in [3.63, 3.8) is 0 Å². The number of hydrogen-bond donors (Lipinski definition) is 2. The van der Waals surface area contributed by atoms with Crippen LogP contribution in [0.1, 0.15) is 37.4 Å². The fourth-order valence-electron chi connectivity index (χ4n) is 2.46. The Morgan fingerprint density at radius 3 is 2.47 bits per heavy atom. The molecule has 0 saturated heterocycles. The molecule has 1 aromatic carbocycles. The molecule has 1 unspecified atom stereocenters. The molecule has 1 amide bonds. The Kier molecular flexibility index (Phi) is 4.47. The van der Waals surface area contributed by atoms with Crippen molar-refractivity contribution in [2.45, 2.75) is 31.8 Å². The van der Waals surface area contributed by atoms with Gasteiger partial charge in [0.05, 0.1) is 5.56 Å². The summed E-state index contributed by atoms with van der Waals surface area (Å²) >= 11 is 0. The second-order valence-electron chi connectivity index (χ2n) is 4.88. The van der Waals surface area contributed by atoms with Crippen molar-refractivity contribution in [2.24, 2.45) is 5.92 Å². The number of hydrogen-bond acceptors (Lipinski definition) is 2. The van der Waals surface area contributed by atoms with E-state index in [1.807, 2.05) is 0 Å². The molecular formula is C14H17F2NO2. The molecule has 0 spiro atoms. The van der Waals surface area contributed by atoms with Crippen LogP contribution in [0.4, 0.5) is 8.78 Å². The lowest BCUT2D eigenvalue weighted by Gasteiger charge is -2.15. The first-order valence-corrected chi connectivity index (χ1v) is 6.49. The predicted octanol–water partition coefficient (Wildman–Crippen LogP) is 2.30. The molecule has 0 heterocycles. The molecule has 0 aliphatic heterocycles. The largest absolute Gasteiger partial charge is 0.386 e. The lowest BCUT2D eigenvalue weighted by atomic mass is 10.1. The van der Waals surface area contributed by atoms with Crippen LogP contribution in [0, 0.1) is 17.6 Å². The van der Waals surface area contributed by atoms with Crippen LogP contribution in [0.25, 0.3) is 0 Å². The van der Waals surface area contributed by atoms with Gasteiger partial charge in [0.15, 0.2) is 0 Å². The third-order valence-corrected chi connectivity index (χ3v) is 3.53. The van der Waals surface area contributed by atoms with E-state index in [4.69, 9.17) is 0 Å². The first-order valence-electron chi connectivity index (χ1n) is 6.49. The average molecular weight is 269 g/mol. The highest BCUT2D eigenvalue weighted by atomic mass is 19.1. The van der Waals surface area contributed by atoms with Crippen molar-refractivity contribution in [1.82, 2.24) is 5.32 Å². The highest BCUT2D eigenvalue weighted by molar-refractivity contribution is 5.78. The summed E-state index contributed by atoms with van der Waals surface area (Å²) in [5, 5.41) is 12.3. The number of carbonyl (C=O) groups is 1. The maximum Gasteiger partial charge on any atom is 0.223 e. The fourth-order valence-corrected chi connectivity index (χ4v) is 2.46. The van der Waals surface area contributed by atoms with Crippen LogP contribution < -0.4 is 5.32 Å². The molecule has 2 N–H and O–H groups in total. The molecule has 0 bridgehead atoms. The number of nitrogens with one attached hydrogen (secondary N) is 1. The van der Waals surface area contributed by atoms with E-state index >= 15 is 0 Å². The van der Waals surface area contributed by atoms with Crippen molar-refractivity contribution in [1.29, 1.82) is 0 Å². The normalized spacial score (nSPS) is 17.4. The molecule has 19 heavy (non-hydrogen) atoms. The average Bonchev–Trinajstić information content (AvgIpc) is 2.89. The Morgan fingerprint density at radius 1 is 1.32 bits per heavy atom. The topological polar surface area (TPSA) is 49.3 Å². The van der Waals surface area contributed by atoms with Crippen LogP contribution in [0.15, 0.2) is 18.2 Å². The van der Waals surface area contributed by atoms with Crippen LogP contribution in [0.5, 0.6) is 0 Å². The van der Waals surface area contributed by atoms with Gasteiger partial charge in [-0.1, -0.05) is 18.9 Å². The van der Waals surface area contributed by atoms with Crippen molar-refractivity contribution < 1.29 is 18.7 Å². The fraction of sp³-hybridized carbons (Fsp3) is 0.500. The van der Waals surface area contributed by atoms with E-state index in [1.165, 1.54) is 6.07 Å². The highest BCUT2D eigenvalue weighted by Crippen LogP contribution is 2.25. The molecule has 1 fully saturated rings. The van der Waals surface area contributed by atoms with Gasteiger partial charge in [-0.15, -0.1) is 0 Å². The van der Waals surface area contributed by atoms with Crippen molar-refractivity contribution in [3.05, 3.63) is 35.4 Å². The van der Waals surface area contributed by atoms with Gasteiger partial charge < -0.3 is 10.4 Å². The molecule has 1 saturated carbocycles. The number of aliphatic hydroxyl groups excluding tert-OH is 1. The minimum Gasteiger partial charge on any atom is -0.386 e. The molecule has 5 heteroatoms. The van der Waals surface area contributed by atoms with E-state index in [0.717, 1.165) is 37.8 Å². The van der Waals surface area contributed by atoms with Crippen LogP contribution in [0.2, 0.25) is 0 Å². The minimum atomic E-state index is -1.37. The number of aliphatic hydroxyl groups is 1. The maximum absolute atomic E-state index is 13.4. The summed E-state index contributed by atoms with van der Waals surface area (Å²) in [5.74, 6) is -1.78. The van der Waals surface area contributed by atoms with Crippen molar-refractivity contribution in [3.8, 4) is 0 Å². The van der Waals surface area contributed by atoms with Gasteiger partial charge in [0, 0.05) is 12.5 Å². The number of rotatable bonds is 4. The Balaban J connectivity index is 1.93. The third-order valence-electron chi connectivity index (χ3n) is 3.53. The second-order valence-corrected chi connectivity index (χ2v) is 4.88. The zero-order valence-electron chi connectivity index (χ0n) is 10.5. The number of carbonyl (C=O) groups excluding carboxylic acids is 1. The first kappa shape index (κ1) is 13.9. The third kappa shape index (κ3) is 3.29. The molecular weight excluding hydrogens is 252 g/mol. The van der Waals surface area contributed by atoms with Gasteiger partial charge in [-0.3, -0.25) is 4.79 Å². The van der Waals surface area contributed by atoms with Gasteiger partial charge in [-0.25, -0.2) is 8.78 Å². The molecule has 1 aliphatic rings. The smallest absolute Gasteiger partial charge is 0.223 e. The number of benzene rings is 1. The van der Waals surface area contributed by atoms with E-state index in [-0.39, 0.29) is 18.4 Å². The molecule has 0 aromatic heterocycles. The van der Waals surface area contributed by atoms with Crippen LogP contribution in [-0.2, 0) is 4.79 Å². The van der Waals surface area contributed by atoms with Crippen LogP contribution in [0.3, 0.4) is 0 Å². The zero-order chi connectivity index (χ0) is 13.8. The monoisotopic (exact) mass is 269 g/mol. The van der Waals surface area contributed by atoms with Gasteiger partial charge in [0.25, 0.3) is 0 Å². The SMILES string of the molecule is O=C(NCC(O)c1c(F)cccc1F)C1CCCC1. The van der Waals surface area contributed by atoms with Gasteiger partial charge in [-0.05, 0) is 25.0 Å². The second kappa shape index (κ2) is 6.10. The van der Waals surface area contributed by atoms with E-state index in [9.17, 15) is 18.7 Å². The summed E-state index contributed by atoms with van der Waals surface area (Å²) in [6, 6.07) is 3.40. The van der Waals surface area contributed by atoms with Crippen molar-refractivity contribution >= 4 is 5.91 Å². The summed E-state index contributed by atoms with van der Waals surface area (Å²) in [4.78, 5) is 11.7. The maximum atomic E-state index is 13.4. The minimum absolute atomic E-state index is 0.0299. The summed E-state index contributed by atoms with van der Waals surface area (Å²) < 4.78 is 26.8. The van der Waals surface area contributed by atoms with Gasteiger partial charge in [-0.2, -0.15) is 0 Å². The standard InChI is InChI=1S/C14H17F2NO2/c15-10-6-3-7-11(16)13(10)12(18)8-17-14(19)9-4-1-2-5-9/h3,6-7,9,12,18H,1-2,4-5,8H2,(H,17,19). The summed E-state index contributed by atoms with van der Waals surface area (Å²) in [5.41, 5.74) is -0.394. The van der Waals surface area contributed by atoms with E-state index in [0.29, 0.717) is 0 Å². The van der Waals surface area contributed by atoms with E-state index in [2.05, 4.69) is 5.32 Å². The van der Waals surface area contributed by atoms with Gasteiger partial charge in [0.1, 0.15) is 17.7 Å². The lowest BCUT2D eigenvalue weighted by Crippen LogP contribution is -2.33. The highest BCUT2D eigenvalue weighted by Gasteiger charge is 2.24. The van der Waals surface area contributed by atoms with Gasteiger partial charge in [0.2, 0.25) is 5.91 Å². The first-order chi connectivity index (χ1) is 9.09. The van der Waals surface area contributed by atoms with Crippen LogP contribution >= 0.6 is 0 Å². The Hall–Kier alpha value is -1.49. The quantitative estimate of drug-likeness (QED) is 0.881. The number of amides is 1. The summed E-state index contributed by atoms with van der Waals surface area (Å²) in [6.45, 7) is -0.173. The molecule has 1 atom stereocenters. The Bertz CT molecular complexity index is 439. The Labute approximate surface area is 110 Å². The molecule has 1 aliphatic carbocycles. The molecule has 104 valence electrons. The number of halogens is 2. The molecule has 0 radical (unpaired) electrons. The lowest BCUT2D eigenvalue weighted by molar-refractivity contribution is -0.125. The van der Waals surface area contributed by atoms with E-state index in [1.54, 1.807) is 0 Å². The Morgan fingerprint density at radius 2 is 1.89 bits per heavy atom. The molecule has 3 nitrogen and oxygen atoms in total. The predicted molar refractivity (Wildman–Crippen MR) is 66.3 cm³/mol.